The maximum atomic E-state index is 5.68. The van der Waals surface area contributed by atoms with Crippen LogP contribution in [-0.4, -0.2) is 16.9 Å². The van der Waals surface area contributed by atoms with Gasteiger partial charge >= 0.3 is 0 Å². The number of thiocarbonyl (C=S) groups is 1. The SMILES string of the molecule is CC(c1ccccc1)N(C)Cc1cccc(C(N)=S)c1. The van der Waals surface area contributed by atoms with Gasteiger partial charge in [-0.25, -0.2) is 0 Å². The molecule has 2 aromatic carbocycles. The van der Waals surface area contributed by atoms with Crippen molar-refractivity contribution >= 4 is 17.2 Å². The molecule has 0 amide bonds. The minimum absolute atomic E-state index is 0.365. The third kappa shape index (κ3) is 3.65. The van der Waals surface area contributed by atoms with Crippen molar-refractivity contribution in [2.45, 2.75) is 19.5 Å². The van der Waals surface area contributed by atoms with E-state index >= 15 is 0 Å². The molecule has 2 N–H and O–H groups in total. The predicted octanol–water partition coefficient (Wildman–Crippen LogP) is 3.51. The fourth-order valence-electron chi connectivity index (χ4n) is 2.23. The van der Waals surface area contributed by atoms with Gasteiger partial charge in [-0.05, 0) is 31.2 Å². The average Bonchev–Trinajstić information content (AvgIpc) is 2.47. The van der Waals surface area contributed by atoms with Crippen LogP contribution in [0, 0.1) is 0 Å². The molecule has 0 aliphatic carbocycles. The van der Waals surface area contributed by atoms with Crippen LogP contribution in [0.3, 0.4) is 0 Å². The Morgan fingerprint density at radius 3 is 2.50 bits per heavy atom. The number of benzene rings is 2. The fraction of sp³-hybridized carbons (Fsp3) is 0.235. The quantitative estimate of drug-likeness (QED) is 0.852. The maximum Gasteiger partial charge on any atom is 0.103 e. The van der Waals surface area contributed by atoms with Gasteiger partial charge in [0.25, 0.3) is 0 Å². The summed E-state index contributed by atoms with van der Waals surface area (Å²) in [4.78, 5) is 2.76. The van der Waals surface area contributed by atoms with Gasteiger partial charge in [0.15, 0.2) is 0 Å². The second kappa shape index (κ2) is 6.64. The van der Waals surface area contributed by atoms with Crippen molar-refractivity contribution in [1.29, 1.82) is 0 Å². The summed E-state index contributed by atoms with van der Waals surface area (Å²) in [5.74, 6) is 0. The topological polar surface area (TPSA) is 29.3 Å². The van der Waals surface area contributed by atoms with Gasteiger partial charge in [0.1, 0.15) is 4.99 Å². The minimum Gasteiger partial charge on any atom is -0.389 e. The molecule has 0 aromatic heterocycles. The molecule has 2 nitrogen and oxygen atoms in total. The van der Waals surface area contributed by atoms with Crippen molar-refractivity contribution in [3.8, 4) is 0 Å². The molecule has 0 saturated heterocycles. The molecule has 0 spiro atoms. The van der Waals surface area contributed by atoms with Crippen molar-refractivity contribution in [3.05, 3.63) is 71.3 Å². The van der Waals surface area contributed by atoms with Crippen LogP contribution in [0.1, 0.15) is 29.7 Å². The van der Waals surface area contributed by atoms with E-state index in [-0.39, 0.29) is 0 Å². The molecule has 0 heterocycles. The van der Waals surface area contributed by atoms with Crippen LogP contribution in [0.2, 0.25) is 0 Å². The Bertz CT molecular complexity index is 581. The number of hydrogen-bond donors (Lipinski definition) is 1. The molecule has 0 aliphatic rings. The first-order valence-electron chi connectivity index (χ1n) is 6.72. The number of nitrogens with zero attached hydrogens (tertiary/aromatic N) is 1. The predicted molar refractivity (Wildman–Crippen MR) is 88.7 cm³/mol. The van der Waals surface area contributed by atoms with E-state index < -0.39 is 0 Å². The Balaban J connectivity index is 2.09. The van der Waals surface area contributed by atoms with Gasteiger partial charge in [-0.2, -0.15) is 0 Å². The van der Waals surface area contributed by atoms with E-state index in [2.05, 4.69) is 55.3 Å². The highest BCUT2D eigenvalue weighted by atomic mass is 32.1. The van der Waals surface area contributed by atoms with E-state index in [4.69, 9.17) is 18.0 Å². The lowest BCUT2D eigenvalue weighted by Gasteiger charge is -2.25. The summed E-state index contributed by atoms with van der Waals surface area (Å²) in [6.45, 7) is 3.08. The van der Waals surface area contributed by atoms with Crippen LogP contribution in [0.4, 0.5) is 0 Å². The minimum atomic E-state index is 0.365. The molecule has 20 heavy (non-hydrogen) atoms. The Morgan fingerprint density at radius 2 is 1.85 bits per heavy atom. The molecule has 1 unspecified atom stereocenters. The Hall–Kier alpha value is -1.71. The lowest BCUT2D eigenvalue weighted by Crippen LogP contribution is -2.22. The van der Waals surface area contributed by atoms with Gasteiger partial charge in [-0.1, -0.05) is 60.7 Å². The first-order chi connectivity index (χ1) is 9.58. The van der Waals surface area contributed by atoms with Crippen molar-refractivity contribution in [2.24, 2.45) is 5.73 Å². The first kappa shape index (κ1) is 14.7. The highest BCUT2D eigenvalue weighted by molar-refractivity contribution is 7.80. The van der Waals surface area contributed by atoms with E-state index in [1.54, 1.807) is 0 Å². The molecule has 1 atom stereocenters. The molecule has 0 bridgehead atoms. The van der Waals surface area contributed by atoms with Crippen LogP contribution in [0.5, 0.6) is 0 Å². The van der Waals surface area contributed by atoms with Gasteiger partial charge in [-0.15, -0.1) is 0 Å². The van der Waals surface area contributed by atoms with Gasteiger partial charge in [-0.3, -0.25) is 4.90 Å². The van der Waals surface area contributed by atoms with Crippen molar-refractivity contribution in [2.75, 3.05) is 7.05 Å². The van der Waals surface area contributed by atoms with E-state index in [9.17, 15) is 0 Å². The Morgan fingerprint density at radius 1 is 1.15 bits per heavy atom. The van der Waals surface area contributed by atoms with E-state index in [1.807, 2.05) is 18.2 Å². The molecular formula is C17H20N2S. The summed E-state index contributed by atoms with van der Waals surface area (Å²) >= 11 is 5.03. The first-order valence-corrected chi connectivity index (χ1v) is 7.12. The van der Waals surface area contributed by atoms with Gasteiger partial charge in [0.2, 0.25) is 0 Å². The van der Waals surface area contributed by atoms with Crippen LogP contribution in [0.15, 0.2) is 54.6 Å². The molecule has 0 fully saturated rings. The van der Waals surface area contributed by atoms with Crippen molar-refractivity contribution < 1.29 is 0 Å². The number of hydrogen-bond acceptors (Lipinski definition) is 2. The fourth-order valence-corrected chi connectivity index (χ4v) is 2.36. The molecule has 2 aromatic rings. The molecule has 2 rings (SSSR count). The lowest BCUT2D eigenvalue weighted by atomic mass is 10.1. The second-order valence-electron chi connectivity index (χ2n) is 5.07. The monoisotopic (exact) mass is 284 g/mol. The highest BCUT2D eigenvalue weighted by Gasteiger charge is 2.11. The molecule has 3 heteroatoms. The Labute approximate surface area is 126 Å². The van der Waals surface area contributed by atoms with Gasteiger partial charge < -0.3 is 5.73 Å². The van der Waals surface area contributed by atoms with E-state index in [0.717, 1.165) is 12.1 Å². The van der Waals surface area contributed by atoms with Crippen molar-refractivity contribution in [1.82, 2.24) is 4.90 Å². The summed E-state index contributed by atoms with van der Waals surface area (Å²) in [5.41, 5.74) is 9.15. The number of nitrogens with two attached hydrogens (primary N) is 1. The molecule has 0 saturated carbocycles. The molecular weight excluding hydrogens is 264 g/mol. The highest BCUT2D eigenvalue weighted by Crippen LogP contribution is 2.20. The third-order valence-electron chi connectivity index (χ3n) is 3.59. The van der Waals surface area contributed by atoms with E-state index in [0.29, 0.717) is 11.0 Å². The van der Waals surface area contributed by atoms with Gasteiger partial charge in [0.05, 0.1) is 0 Å². The Kier molecular flexibility index (Phi) is 4.88. The standard InChI is InChI=1S/C17H20N2S/c1-13(15-8-4-3-5-9-15)19(2)12-14-7-6-10-16(11-14)17(18)20/h3-11,13H,12H2,1-2H3,(H2,18,20). The van der Waals surface area contributed by atoms with E-state index in [1.165, 1.54) is 11.1 Å². The number of rotatable bonds is 5. The zero-order valence-corrected chi connectivity index (χ0v) is 12.7. The van der Waals surface area contributed by atoms with Crippen LogP contribution >= 0.6 is 12.2 Å². The average molecular weight is 284 g/mol. The normalized spacial score (nSPS) is 12.3. The third-order valence-corrected chi connectivity index (χ3v) is 3.82. The van der Waals surface area contributed by atoms with Crippen LogP contribution in [-0.2, 0) is 6.54 Å². The zero-order chi connectivity index (χ0) is 14.5. The molecule has 0 aliphatic heterocycles. The summed E-state index contributed by atoms with van der Waals surface area (Å²) in [6.07, 6.45) is 0. The zero-order valence-electron chi connectivity index (χ0n) is 11.9. The summed E-state index contributed by atoms with van der Waals surface area (Å²) < 4.78 is 0. The smallest absolute Gasteiger partial charge is 0.103 e. The van der Waals surface area contributed by atoms with Gasteiger partial charge in [0, 0.05) is 18.2 Å². The van der Waals surface area contributed by atoms with Crippen LogP contribution in [0.25, 0.3) is 0 Å². The van der Waals surface area contributed by atoms with Crippen molar-refractivity contribution in [3.63, 3.8) is 0 Å². The summed E-state index contributed by atoms with van der Waals surface area (Å²) in [7, 11) is 2.13. The second-order valence-corrected chi connectivity index (χ2v) is 5.51. The maximum absolute atomic E-state index is 5.68. The largest absolute Gasteiger partial charge is 0.389 e. The summed E-state index contributed by atoms with van der Waals surface area (Å²) in [6, 6.07) is 19.0. The summed E-state index contributed by atoms with van der Waals surface area (Å²) in [5, 5.41) is 0. The molecule has 0 radical (unpaired) electrons. The van der Waals surface area contributed by atoms with Crippen LogP contribution < -0.4 is 5.73 Å². The lowest BCUT2D eigenvalue weighted by molar-refractivity contribution is 0.253. The molecule has 104 valence electrons.